The molecular weight excluding hydrogens is 327 g/mol. The standard InChI is InChI=1S/C13H21N2O5PS/c1-5-19-21(18,20-6-2)8-7-11(17)15-13-14-9(3)12(22-13)10(4)16/h5-8H2,1-4H3,(H,14,15,17). The number of carbonyl (C=O) groups excluding carboxylic acids is 2. The summed E-state index contributed by atoms with van der Waals surface area (Å²) in [7, 11) is -3.23. The zero-order chi connectivity index (χ0) is 16.8. The molecule has 0 fully saturated rings. The second kappa shape index (κ2) is 8.53. The van der Waals surface area contributed by atoms with Crippen molar-refractivity contribution in [2.24, 2.45) is 0 Å². The Bertz CT molecular complexity index is 577. The van der Waals surface area contributed by atoms with Gasteiger partial charge in [-0.05, 0) is 20.8 Å². The fourth-order valence-corrected chi connectivity index (χ4v) is 4.23. The van der Waals surface area contributed by atoms with Gasteiger partial charge in [-0.2, -0.15) is 0 Å². The van der Waals surface area contributed by atoms with Crippen molar-refractivity contribution < 1.29 is 23.2 Å². The van der Waals surface area contributed by atoms with Crippen LogP contribution in [0.5, 0.6) is 0 Å². The summed E-state index contributed by atoms with van der Waals surface area (Å²) >= 11 is 1.13. The van der Waals surface area contributed by atoms with Gasteiger partial charge in [-0.3, -0.25) is 14.2 Å². The number of nitrogens with one attached hydrogen (secondary N) is 1. The van der Waals surface area contributed by atoms with Crippen LogP contribution in [0.2, 0.25) is 0 Å². The minimum Gasteiger partial charge on any atom is -0.309 e. The van der Waals surface area contributed by atoms with Crippen molar-refractivity contribution in [2.45, 2.75) is 34.1 Å². The number of thiazole rings is 1. The highest BCUT2D eigenvalue weighted by Gasteiger charge is 2.25. The fraction of sp³-hybridized carbons (Fsp3) is 0.615. The SMILES string of the molecule is CCOP(=O)(CCC(=O)Nc1nc(C)c(C(C)=O)s1)OCC. The van der Waals surface area contributed by atoms with Gasteiger partial charge in [0.15, 0.2) is 10.9 Å². The first-order chi connectivity index (χ1) is 10.3. The number of rotatable bonds is 9. The number of amides is 1. The molecule has 0 aliphatic rings. The third-order valence-corrected chi connectivity index (χ3v) is 5.88. The average molecular weight is 348 g/mol. The summed E-state index contributed by atoms with van der Waals surface area (Å²) in [6.07, 6.45) is -0.00422. The molecule has 0 aromatic carbocycles. The Morgan fingerprint density at radius 3 is 2.32 bits per heavy atom. The molecule has 1 amide bonds. The number of aryl methyl sites for hydroxylation is 1. The molecule has 0 spiro atoms. The van der Waals surface area contributed by atoms with Crippen LogP contribution in [-0.2, 0) is 18.4 Å². The third kappa shape index (κ3) is 5.61. The smallest absolute Gasteiger partial charge is 0.309 e. The molecule has 1 N–H and O–H groups in total. The fourth-order valence-electron chi connectivity index (χ4n) is 1.76. The van der Waals surface area contributed by atoms with Crippen LogP contribution in [0.3, 0.4) is 0 Å². The number of hydrogen-bond donors (Lipinski definition) is 1. The van der Waals surface area contributed by atoms with Crippen LogP contribution in [0.4, 0.5) is 5.13 Å². The lowest BCUT2D eigenvalue weighted by Gasteiger charge is -2.16. The maximum atomic E-state index is 12.2. The monoisotopic (exact) mass is 348 g/mol. The molecule has 0 bridgehead atoms. The predicted molar refractivity (Wildman–Crippen MR) is 85.8 cm³/mol. The van der Waals surface area contributed by atoms with Crippen LogP contribution in [0, 0.1) is 6.92 Å². The van der Waals surface area contributed by atoms with Gasteiger partial charge in [-0.25, -0.2) is 4.98 Å². The lowest BCUT2D eigenvalue weighted by Crippen LogP contribution is -2.14. The van der Waals surface area contributed by atoms with E-state index in [9.17, 15) is 14.2 Å². The second-order valence-corrected chi connectivity index (χ2v) is 7.64. The molecule has 124 valence electrons. The molecular formula is C13H21N2O5PS. The summed E-state index contributed by atoms with van der Waals surface area (Å²) in [6, 6.07) is 0. The highest BCUT2D eigenvalue weighted by atomic mass is 32.1. The Hall–Kier alpha value is -1.08. The first-order valence-corrected chi connectivity index (χ1v) is 9.52. The lowest BCUT2D eigenvalue weighted by atomic mass is 10.3. The summed E-state index contributed by atoms with van der Waals surface area (Å²) in [6.45, 7) is 7.10. The van der Waals surface area contributed by atoms with E-state index >= 15 is 0 Å². The summed E-state index contributed by atoms with van der Waals surface area (Å²) < 4.78 is 22.5. The Labute approximate surface area is 134 Å². The largest absolute Gasteiger partial charge is 0.331 e. The Morgan fingerprint density at radius 1 is 1.27 bits per heavy atom. The summed E-state index contributed by atoms with van der Waals surface area (Å²) in [5, 5.41) is 2.96. The summed E-state index contributed by atoms with van der Waals surface area (Å²) in [5.74, 6) is -0.434. The van der Waals surface area contributed by atoms with Gasteiger partial charge in [0.2, 0.25) is 5.91 Å². The van der Waals surface area contributed by atoms with Crippen LogP contribution in [0.25, 0.3) is 0 Å². The summed E-state index contributed by atoms with van der Waals surface area (Å²) in [4.78, 5) is 27.9. The number of Topliss-reactive ketones (excluding diaryl/α,β-unsaturated/α-hetero) is 1. The molecule has 7 nitrogen and oxygen atoms in total. The molecule has 1 rings (SSSR count). The second-order valence-electron chi connectivity index (χ2n) is 4.46. The van der Waals surface area contributed by atoms with Crippen molar-refractivity contribution in [2.75, 3.05) is 24.7 Å². The van der Waals surface area contributed by atoms with Gasteiger partial charge in [0.05, 0.1) is 29.9 Å². The van der Waals surface area contributed by atoms with Crippen LogP contribution in [0.1, 0.15) is 42.6 Å². The van der Waals surface area contributed by atoms with Crippen LogP contribution >= 0.6 is 18.9 Å². The molecule has 1 aromatic heterocycles. The van der Waals surface area contributed by atoms with E-state index in [0.717, 1.165) is 11.3 Å². The van der Waals surface area contributed by atoms with Crippen molar-refractivity contribution in [3.63, 3.8) is 0 Å². The minimum atomic E-state index is -3.23. The van der Waals surface area contributed by atoms with Crippen molar-refractivity contribution in [1.29, 1.82) is 0 Å². The minimum absolute atomic E-state index is 0.00440. The molecule has 22 heavy (non-hydrogen) atoms. The maximum absolute atomic E-state index is 12.2. The van der Waals surface area contributed by atoms with Gasteiger partial charge >= 0.3 is 7.60 Å². The van der Waals surface area contributed by atoms with E-state index in [1.165, 1.54) is 6.92 Å². The van der Waals surface area contributed by atoms with Gasteiger partial charge < -0.3 is 14.4 Å². The van der Waals surface area contributed by atoms with E-state index in [2.05, 4.69) is 10.3 Å². The van der Waals surface area contributed by atoms with E-state index in [4.69, 9.17) is 9.05 Å². The van der Waals surface area contributed by atoms with Gasteiger partial charge in [0.25, 0.3) is 0 Å². The Kier molecular flexibility index (Phi) is 7.35. The van der Waals surface area contributed by atoms with Gasteiger partial charge in [-0.1, -0.05) is 11.3 Å². The van der Waals surface area contributed by atoms with Crippen LogP contribution in [0.15, 0.2) is 0 Å². The van der Waals surface area contributed by atoms with Gasteiger partial charge in [-0.15, -0.1) is 0 Å². The molecule has 0 unspecified atom stereocenters. The van der Waals surface area contributed by atoms with E-state index < -0.39 is 7.60 Å². The normalized spacial score (nSPS) is 11.5. The molecule has 0 saturated heterocycles. The number of nitrogens with zero attached hydrogens (tertiary/aromatic N) is 1. The molecule has 1 heterocycles. The molecule has 0 aliphatic carbocycles. The quantitative estimate of drug-likeness (QED) is 0.544. The van der Waals surface area contributed by atoms with Crippen molar-refractivity contribution in [3.05, 3.63) is 10.6 Å². The van der Waals surface area contributed by atoms with Gasteiger partial charge in [0.1, 0.15) is 0 Å². The highest BCUT2D eigenvalue weighted by molar-refractivity contribution is 7.53. The summed E-state index contributed by atoms with van der Waals surface area (Å²) in [5.41, 5.74) is 0.585. The highest BCUT2D eigenvalue weighted by Crippen LogP contribution is 2.48. The first-order valence-electron chi connectivity index (χ1n) is 6.97. The topological polar surface area (TPSA) is 94.6 Å². The Balaban J connectivity index is 2.61. The van der Waals surface area contributed by atoms with E-state index in [-0.39, 0.29) is 37.5 Å². The van der Waals surface area contributed by atoms with E-state index in [0.29, 0.717) is 15.7 Å². The first kappa shape index (κ1) is 19.0. The maximum Gasteiger partial charge on any atom is 0.331 e. The zero-order valence-corrected chi connectivity index (χ0v) is 14.9. The van der Waals surface area contributed by atoms with Crippen molar-refractivity contribution in [1.82, 2.24) is 4.98 Å². The van der Waals surface area contributed by atoms with Crippen LogP contribution in [-0.4, -0.2) is 36.1 Å². The number of carbonyl (C=O) groups is 2. The molecule has 0 atom stereocenters. The molecule has 0 aliphatic heterocycles. The van der Waals surface area contributed by atoms with Crippen LogP contribution < -0.4 is 5.32 Å². The number of aromatic nitrogens is 1. The number of anilines is 1. The molecule has 9 heteroatoms. The van der Waals surface area contributed by atoms with Gasteiger partial charge in [0, 0.05) is 13.3 Å². The third-order valence-electron chi connectivity index (χ3n) is 2.63. The lowest BCUT2D eigenvalue weighted by molar-refractivity contribution is -0.115. The number of hydrogen-bond acceptors (Lipinski definition) is 7. The van der Waals surface area contributed by atoms with Crippen molar-refractivity contribution >= 4 is 35.8 Å². The average Bonchev–Trinajstić information content (AvgIpc) is 2.78. The Morgan fingerprint density at radius 2 is 1.86 bits per heavy atom. The van der Waals surface area contributed by atoms with Crippen molar-refractivity contribution in [3.8, 4) is 0 Å². The zero-order valence-electron chi connectivity index (χ0n) is 13.2. The van der Waals surface area contributed by atoms with E-state index in [1.54, 1.807) is 20.8 Å². The van der Waals surface area contributed by atoms with E-state index in [1.807, 2.05) is 0 Å². The molecule has 0 saturated carbocycles. The number of ketones is 1. The predicted octanol–water partition coefficient (Wildman–Crippen LogP) is 3.25. The molecule has 1 aromatic rings. The molecule has 0 radical (unpaired) electrons.